The van der Waals surface area contributed by atoms with Gasteiger partial charge in [-0.15, -0.1) is 0 Å². The Morgan fingerprint density at radius 2 is 1.90 bits per heavy atom. The van der Waals surface area contributed by atoms with Gasteiger partial charge in [0.2, 0.25) is 5.91 Å². The molecule has 0 N–H and O–H groups in total. The van der Waals surface area contributed by atoms with Crippen LogP contribution in [0.1, 0.15) is 35.7 Å². The molecule has 2 aliphatic rings. The second kappa shape index (κ2) is 8.51. The van der Waals surface area contributed by atoms with Crippen LogP contribution in [-0.2, 0) is 24.1 Å². The number of rotatable bonds is 5. The third-order valence-corrected chi connectivity index (χ3v) is 6.49. The predicted molar refractivity (Wildman–Crippen MR) is 110 cm³/mol. The molecule has 0 bridgehead atoms. The van der Waals surface area contributed by atoms with E-state index in [-0.39, 0.29) is 22.8 Å². The van der Waals surface area contributed by atoms with Crippen LogP contribution in [0.3, 0.4) is 0 Å². The maximum Gasteiger partial charge on any atom is 0.436 e. The molecule has 2 fully saturated rings. The first-order valence-electron chi connectivity index (χ1n) is 9.80. The second-order valence-corrected chi connectivity index (χ2v) is 8.99. The number of amides is 1. The van der Waals surface area contributed by atoms with Crippen LogP contribution in [0, 0.1) is 0 Å². The zero-order valence-electron chi connectivity index (χ0n) is 16.1. The zero-order valence-corrected chi connectivity index (χ0v) is 18.5. The van der Waals surface area contributed by atoms with Crippen molar-refractivity contribution in [3.63, 3.8) is 0 Å². The van der Waals surface area contributed by atoms with Crippen molar-refractivity contribution in [3.05, 3.63) is 50.7 Å². The highest BCUT2D eigenvalue weighted by Gasteiger charge is 2.42. The average Bonchev–Trinajstić information content (AvgIpc) is 3.45. The van der Waals surface area contributed by atoms with E-state index in [2.05, 4.69) is 25.9 Å². The van der Waals surface area contributed by atoms with E-state index in [9.17, 15) is 18.0 Å². The molecular formula is C20H21BrClF3N4O. The van der Waals surface area contributed by atoms with Crippen LogP contribution in [-0.4, -0.2) is 51.7 Å². The third kappa shape index (κ3) is 4.84. The lowest BCUT2D eigenvalue weighted by Gasteiger charge is -2.34. The highest BCUT2D eigenvalue weighted by molar-refractivity contribution is 9.10. The third-order valence-electron chi connectivity index (χ3n) is 5.47. The van der Waals surface area contributed by atoms with Crippen molar-refractivity contribution in [1.29, 1.82) is 0 Å². The molecule has 0 spiro atoms. The SMILES string of the molecule is O=C(Cn1nc(C(F)(F)F)c(Br)c1C1CC1)N1CCN(Cc2cccc(Cl)c2)CC1. The molecular weight excluding hydrogens is 485 g/mol. The normalized spacial score (nSPS) is 18.1. The molecule has 0 unspecified atom stereocenters. The van der Waals surface area contributed by atoms with Crippen LogP contribution in [0.25, 0.3) is 0 Å². The summed E-state index contributed by atoms with van der Waals surface area (Å²) in [5, 5.41) is 4.42. The summed E-state index contributed by atoms with van der Waals surface area (Å²) in [6.07, 6.45) is -2.92. The molecule has 4 rings (SSSR count). The molecule has 1 aromatic carbocycles. The first-order valence-corrected chi connectivity index (χ1v) is 11.0. The topological polar surface area (TPSA) is 41.4 Å². The van der Waals surface area contributed by atoms with Gasteiger partial charge in [0.25, 0.3) is 0 Å². The van der Waals surface area contributed by atoms with E-state index < -0.39 is 11.9 Å². The number of piperazine rings is 1. The van der Waals surface area contributed by atoms with Crippen molar-refractivity contribution < 1.29 is 18.0 Å². The molecule has 162 valence electrons. The Morgan fingerprint density at radius 3 is 2.50 bits per heavy atom. The summed E-state index contributed by atoms with van der Waals surface area (Å²) < 4.78 is 41.0. The molecule has 1 aliphatic carbocycles. The van der Waals surface area contributed by atoms with Crippen LogP contribution in [0.2, 0.25) is 5.02 Å². The van der Waals surface area contributed by atoms with E-state index in [1.165, 1.54) is 4.68 Å². The van der Waals surface area contributed by atoms with Crippen LogP contribution >= 0.6 is 27.5 Å². The minimum atomic E-state index is -4.55. The fraction of sp³-hybridized carbons (Fsp3) is 0.500. The highest BCUT2D eigenvalue weighted by Crippen LogP contribution is 2.47. The second-order valence-electron chi connectivity index (χ2n) is 7.76. The number of benzene rings is 1. The van der Waals surface area contributed by atoms with Crippen molar-refractivity contribution in [3.8, 4) is 0 Å². The van der Waals surface area contributed by atoms with Crippen LogP contribution < -0.4 is 0 Å². The van der Waals surface area contributed by atoms with Gasteiger partial charge in [-0.25, -0.2) is 0 Å². The minimum Gasteiger partial charge on any atom is -0.339 e. The van der Waals surface area contributed by atoms with E-state index in [0.29, 0.717) is 36.9 Å². The Hall–Kier alpha value is -1.58. The van der Waals surface area contributed by atoms with E-state index in [4.69, 9.17) is 11.6 Å². The van der Waals surface area contributed by atoms with E-state index in [1.54, 1.807) is 4.90 Å². The lowest BCUT2D eigenvalue weighted by Crippen LogP contribution is -2.49. The summed E-state index contributed by atoms with van der Waals surface area (Å²) in [7, 11) is 0. The number of aromatic nitrogens is 2. The lowest BCUT2D eigenvalue weighted by atomic mass is 10.2. The standard InChI is InChI=1S/C20H21BrClF3N4O/c21-17-18(14-4-5-14)29(26-19(17)20(23,24)25)12-16(30)28-8-6-27(7-9-28)11-13-2-1-3-15(22)10-13/h1-3,10,14H,4-9,11-12H2. The van der Waals surface area contributed by atoms with E-state index >= 15 is 0 Å². The Morgan fingerprint density at radius 1 is 1.20 bits per heavy atom. The number of hydrogen-bond acceptors (Lipinski definition) is 3. The molecule has 0 atom stereocenters. The van der Waals surface area contributed by atoms with Crippen molar-refractivity contribution >= 4 is 33.4 Å². The van der Waals surface area contributed by atoms with Gasteiger partial charge in [0, 0.05) is 43.7 Å². The first-order chi connectivity index (χ1) is 14.2. The molecule has 30 heavy (non-hydrogen) atoms. The maximum atomic E-state index is 13.2. The number of nitrogens with zero attached hydrogens (tertiary/aromatic N) is 4. The number of hydrogen-bond donors (Lipinski definition) is 0. The number of halogens is 5. The largest absolute Gasteiger partial charge is 0.436 e. The summed E-state index contributed by atoms with van der Waals surface area (Å²) in [6, 6.07) is 7.67. The van der Waals surface area contributed by atoms with Crippen molar-refractivity contribution in [2.24, 2.45) is 0 Å². The van der Waals surface area contributed by atoms with Crippen molar-refractivity contribution in [2.45, 2.75) is 38.0 Å². The number of carbonyl (C=O) groups excluding carboxylic acids is 1. The molecule has 10 heteroatoms. The van der Waals surface area contributed by atoms with Gasteiger partial charge in [-0.2, -0.15) is 18.3 Å². The molecule has 1 amide bonds. The van der Waals surface area contributed by atoms with Crippen LogP contribution in [0.15, 0.2) is 28.7 Å². The fourth-order valence-electron chi connectivity index (χ4n) is 3.78. The van der Waals surface area contributed by atoms with Gasteiger partial charge in [-0.1, -0.05) is 23.7 Å². The van der Waals surface area contributed by atoms with Crippen molar-refractivity contribution in [1.82, 2.24) is 19.6 Å². The molecule has 5 nitrogen and oxygen atoms in total. The van der Waals surface area contributed by atoms with Crippen LogP contribution in [0.4, 0.5) is 13.2 Å². The predicted octanol–water partition coefficient (Wildman–Crippen LogP) is 4.54. The molecule has 0 radical (unpaired) electrons. The van der Waals surface area contributed by atoms with E-state index in [1.807, 2.05) is 24.3 Å². The summed E-state index contributed by atoms with van der Waals surface area (Å²) in [6.45, 7) is 3.04. The molecule has 1 saturated heterocycles. The Balaban J connectivity index is 1.38. The smallest absolute Gasteiger partial charge is 0.339 e. The monoisotopic (exact) mass is 504 g/mol. The van der Waals surface area contributed by atoms with Gasteiger partial charge in [0.1, 0.15) is 6.54 Å². The fourth-order valence-corrected chi connectivity index (χ4v) is 4.82. The van der Waals surface area contributed by atoms with Gasteiger partial charge in [-0.3, -0.25) is 14.4 Å². The molecule has 2 aromatic rings. The highest BCUT2D eigenvalue weighted by atomic mass is 79.9. The maximum absolute atomic E-state index is 13.2. The minimum absolute atomic E-state index is 0.0309. The van der Waals surface area contributed by atoms with Gasteiger partial charge in [0.15, 0.2) is 5.69 Å². The molecule has 1 saturated carbocycles. The quantitative estimate of drug-likeness (QED) is 0.599. The average molecular weight is 506 g/mol. The zero-order chi connectivity index (χ0) is 21.5. The Labute approximate surface area is 185 Å². The summed E-state index contributed by atoms with van der Waals surface area (Å²) in [5.41, 5.74) is 0.635. The van der Waals surface area contributed by atoms with Gasteiger partial charge < -0.3 is 4.90 Å². The Bertz CT molecular complexity index is 937. The van der Waals surface area contributed by atoms with Crippen LogP contribution in [0.5, 0.6) is 0 Å². The van der Waals surface area contributed by atoms with Gasteiger partial charge in [0.05, 0.1) is 10.2 Å². The summed E-state index contributed by atoms with van der Waals surface area (Å²) in [5.74, 6) is -0.173. The molecule has 2 heterocycles. The van der Waals surface area contributed by atoms with Gasteiger partial charge in [-0.05, 0) is 46.5 Å². The number of carbonyl (C=O) groups is 1. The lowest BCUT2D eigenvalue weighted by molar-refractivity contribution is -0.142. The molecule has 1 aliphatic heterocycles. The molecule has 1 aromatic heterocycles. The number of alkyl halides is 3. The first kappa shape index (κ1) is 21.6. The van der Waals surface area contributed by atoms with Gasteiger partial charge >= 0.3 is 6.18 Å². The summed E-state index contributed by atoms with van der Waals surface area (Å²) in [4.78, 5) is 16.7. The van der Waals surface area contributed by atoms with E-state index in [0.717, 1.165) is 24.9 Å². The van der Waals surface area contributed by atoms with Crippen molar-refractivity contribution in [2.75, 3.05) is 26.2 Å². The summed E-state index contributed by atoms with van der Waals surface area (Å²) >= 11 is 9.10. The Kier molecular flexibility index (Phi) is 6.14.